The molecule has 0 saturated heterocycles. The Balaban J connectivity index is 1.90. The topological polar surface area (TPSA) is 108 Å². The molecule has 1 amide bonds. The molecule has 0 saturated carbocycles. The average Bonchev–Trinajstić information content (AvgIpc) is 3.25. The standard InChI is InChI=1S/C14H16N4O5S3/c1-17(13(24)10-3-5-22-7-10)15-12(19)9-26(20,21)16-18(2)14(25)11-4-6-23-8-11/h3-8,16H,9H2,1-2H3,(H,15,19). The minimum absolute atomic E-state index is 0.195. The van der Waals surface area contributed by atoms with Crippen molar-refractivity contribution in [3.8, 4) is 0 Å². The number of thiocarbonyl (C=S) groups is 2. The lowest BCUT2D eigenvalue weighted by molar-refractivity contribution is -0.121. The number of sulfonamides is 1. The summed E-state index contributed by atoms with van der Waals surface area (Å²) in [6.07, 6.45) is 5.64. The normalized spacial score (nSPS) is 11.0. The summed E-state index contributed by atoms with van der Waals surface area (Å²) < 4.78 is 34.1. The number of carbonyl (C=O) groups is 1. The first-order chi connectivity index (χ1) is 12.2. The molecule has 0 unspecified atom stereocenters. The summed E-state index contributed by atoms with van der Waals surface area (Å²) in [5.41, 5.74) is 3.49. The van der Waals surface area contributed by atoms with Crippen LogP contribution in [-0.2, 0) is 14.8 Å². The molecule has 0 fully saturated rings. The van der Waals surface area contributed by atoms with Crippen molar-refractivity contribution in [2.24, 2.45) is 0 Å². The predicted molar refractivity (Wildman–Crippen MR) is 101 cm³/mol. The third-order valence-corrected chi connectivity index (χ3v) is 5.25. The fourth-order valence-electron chi connectivity index (χ4n) is 1.88. The molecule has 12 heteroatoms. The summed E-state index contributed by atoms with van der Waals surface area (Å²) in [5.74, 6) is -1.59. The third-order valence-electron chi connectivity index (χ3n) is 3.04. The zero-order chi connectivity index (χ0) is 19.3. The van der Waals surface area contributed by atoms with Gasteiger partial charge in [-0.15, -0.1) is 4.83 Å². The second-order valence-electron chi connectivity index (χ2n) is 5.14. The van der Waals surface area contributed by atoms with E-state index in [2.05, 4.69) is 10.3 Å². The third kappa shape index (κ3) is 5.36. The Morgan fingerprint density at radius 2 is 1.54 bits per heavy atom. The van der Waals surface area contributed by atoms with Crippen LogP contribution in [0, 0.1) is 0 Å². The summed E-state index contributed by atoms with van der Waals surface area (Å²) in [7, 11) is -1.07. The van der Waals surface area contributed by atoms with Crippen molar-refractivity contribution in [3.63, 3.8) is 0 Å². The summed E-state index contributed by atoms with van der Waals surface area (Å²) in [4.78, 5) is 14.7. The molecule has 0 aliphatic rings. The van der Waals surface area contributed by atoms with Crippen LogP contribution >= 0.6 is 24.4 Å². The molecule has 2 heterocycles. The maximum Gasteiger partial charge on any atom is 0.255 e. The molecular formula is C14H16N4O5S3. The van der Waals surface area contributed by atoms with Gasteiger partial charge in [0.25, 0.3) is 5.91 Å². The average molecular weight is 417 g/mol. The molecule has 0 atom stereocenters. The lowest BCUT2D eigenvalue weighted by atomic mass is 10.3. The van der Waals surface area contributed by atoms with E-state index < -0.39 is 21.7 Å². The van der Waals surface area contributed by atoms with E-state index in [9.17, 15) is 13.2 Å². The van der Waals surface area contributed by atoms with Crippen LogP contribution in [0.3, 0.4) is 0 Å². The van der Waals surface area contributed by atoms with Crippen LogP contribution in [0.5, 0.6) is 0 Å². The number of hydrogen-bond donors (Lipinski definition) is 2. The van der Waals surface area contributed by atoms with Gasteiger partial charge in [0.15, 0.2) is 0 Å². The molecule has 2 rings (SSSR count). The molecule has 0 aromatic carbocycles. The minimum Gasteiger partial charge on any atom is -0.472 e. The van der Waals surface area contributed by atoms with E-state index >= 15 is 0 Å². The molecule has 2 aromatic heterocycles. The van der Waals surface area contributed by atoms with Crippen LogP contribution in [-0.4, -0.2) is 54.2 Å². The Labute approximate surface area is 160 Å². The number of hydrogen-bond acceptors (Lipinski definition) is 7. The van der Waals surface area contributed by atoms with E-state index in [4.69, 9.17) is 33.3 Å². The first-order valence-electron chi connectivity index (χ1n) is 7.10. The van der Waals surface area contributed by atoms with Crippen molar-refractivity contribution >= 4 is 50.3 Å². The SMILES string of the molecule is CN(NC(=O)CS(=O)(=O)NN(C)C(=S)c1ccoc1)C(=S)c1ccoc1. The van der Waals surface area contributed by atoms with Crippen LogP contribution in [0.1, 0.15) is 11.1 Å². The van der Waals surface area contributed by atoms with Crippen molar-refractivity contribution in [1.82, 2.24) is 20.3 Å². The highest BCUT2D eigenvalue weighted by atomic mass is 32.2. The summed E-state index contributed by atoms with van der Waals surface area (Å²) in [5, 5.41) is 2.35. The van der Waals surface area contributed by atoms with Crippen molar-refractivity contribution in [2.75, 3.05) is 19.8 Å². The lowest BCUT2D eigenvalue weighted by Crippen LogP contribution is -2.49. The van der Waals surface area contributed by atoms with E-state index in [0.29, 0.717) is 11.1 Å². The number of carbonyl (C=O) groups excluding carboxylic acids is 1. The summed E-state index contributed by atoms with van der Waals surface area (Å²) in [6.45, 7) is 0. The van der Waals surface area contributed by atoms with E-state index in [-0.39, 0.29) is 9.98 Å². The molecule has 26 heavy (non-hydrogen) atoms. The van der Waals surface area contributed by atoms with Gasteiger partial charge in [0.2, 0.25) is 10.0 Å². The van der Waals surface area contributed by atoms with E-state index in [1.165, 1.54) is 44.2 Å². The first kappa shape index (κ1) is 20.0. The van der Waals surface area contributed by atoms with Crippen LogP contribution in [0.4, 0.5) is 0 Å². The Kier molecular flexibility index (Phi) is 6.47. The number of furan rings is 2. The quantitative estimate of drug-likeness (QED) is 0.518. The Bertz CT molecular complexity index is 878. The molecule has 0 radical (unpaired) electrons. The number of rotatable bonds is 6. The molecule has 2 aromatic rings. The van der Waals surface area contributed by atoms with Gasteiger partial charge in [-0.1, -0.05) is 24.4 Å². The van der Waals surface area contributed by atoms with Gasteiger partial charge in [-0.25, -0.2) is 8.42 Å². The van der Waals surface area contributed by atoms with Crippen LogP contribution in [0.25, 0.3) is 0 Å². The van der Waals surface area contributed by atoms with E-state index in [1.807, 2.05) is 0 Å². The van der Waals surface area contributed by atoms with E-state index in [0.717, 1.165) is 5.01 Å². The number of nitrogens with zero attached hydrogens (tertiary/aromatic N) is 2. The molecule has 2 N–H and O–H groups in total. The fourth-order valence-corrected chi connectivity index (χ4v) is 3.25. The highest BCUT2D eigenvalue weighted by Crippen LogP contribution is 2.06. The van der Waals surface area contributed by atoms with Gasteiger partial charge < -0.3 is 8.83 Å². The Morgan fingerprint density at radius 1 is 1.04 bits per heavy atom. The molecular weight excluding hydrogens is 400 g/mol. The molecule has 0 aliphatic heterocycles. The fraction of sp³-hybridized carbons (Fsp3) is 0.214. The van der Waals surface area contributed by atoms with Crippen molar-refractivity contribution in [1.29, 1.82) is 0 Å². The monoisotopic (exact) mass is 416 g/mol. The van der Waals surface area contributed by atoms with Gasteiger partial charge in [0, 0.05) is 25.2 Å². The molecule has 0 spiro atoms. The molecule has 140 valence electrons. The highest BCUT2D eigenvalue weighted by Gasteiger charge is 2.22. The van der Waals surface area contributed by atoms with Crippen molar-refractivity contribution < 1.29 is 22.0 Å². The van der Waals surface area contributed by atoms with Crippen LogP contribution in [0.2, 0.25) is 0 Å². The van der Waals surface area contributed by atoms with Crippen molar-refractivity contribution in [3.05, 3.63) is 48.3 Å². The van der Waals surface area contributed by atoms with Gasteiger partial charge in [-0.2, -0.15) is 0 Å². The van der Waals surface area contributed by atoms with Crippen molar-refractivity contribution in [2.45, 2.75) is 0 Å². The zero-order valence-electron chi connectivity index (χ0n) is 13.8. The Hall–Kier alpha value is -2.28. The van der Waals surface area contributed by atoms with Gasteiger partial charge in [-0.05, 0) is 12.1 Å². The number of hydrazine groups is 2. The number of nitrogens with one attached hydrogen (secondary N) is 2. The maximum absolute atomic E-state index is 12.1. The molecule has 0 bridgehead atoms. The first-order valence-corrected chi connectivity index (χ1v) is 9.56. The highest BCUT2D eigenvalue weighted by molar-refractivity contribution is 7.90. The minimum atomic E-state index is -3.98. The predicted octanol–water partition coefficient (Wildman–Crippen LogP) is 0.653. The molecule has 0 aliphatic carbocycles. The number of amides is 1. The van der Waals surface area contributed by atoms with Gasteiger partial charge in [-0.3, -0.25) is 20.2 Å². The zero-order valence-corrected chi connectivity index (χ0v) is 16.3. The smallest absolute Gasteiger partial charge is 0.255 e. The maximum atomic E-state index is 12.1. The van der Waals surface area contributed by atoms with Gasteiger partial charge >= 0.3 is 0 Å². The largest absolute Gasteiger partial charge is 0.472 e. The van der Waals surface area contributed by atoms with Gasteiger partial charge in [0.05, 0.1) is 12.5 Å². The summed E-state index contributed by atoms with van der Waals surface area (Å²) in [6, 6.07) is 3.21. The summed E-state index contributed by atoms with van der Waals surface area (Å²) >= 11 is 10.3. The second-order valence-corrected chi connectivity index (χ2v) is 7.61. The lowest BCUT2D eigenvalue weighted by Gasteiger charge is -2.22. The van der Waals surface area contributed by atoms with Crippen LogP contribution in [0.15, 0.2) is 46.0 Å². The second kappa shape index (κ2) is 8.40. The van der Waals surface area contributed by atoms with E-state index in [1.54, 1.807) is 12.1 Å². The molecule has 9 nitrogen and oxygen atoms in total. The van der Waals surface area contributed by atoms with Gasteiger partial charge in [0.1, 0.15) is 28.3 Å². The Morgan fingerprint density at radius 3 is 2.00 bits per heavy atom. The van der Waals surface area contributed by atoms with Crippen LogP contribution < -0.4 is 10.3 Å².